The zero-order valence-corrected chi connectivity index (χ0v) is 21.0. The summed E-state index contributed by atoms with van der Waals surface area (Å²) in [5.41, 5.74) is -0.0314. The molecule has 36 heavy (non-hydrogen) atoms. The van der Waals surface area contributed by atoms with E-state index < -0.39 is 11.0 Å². The molecule has 5 rings (SSSR count). The number of nitro benzene ring substituents is 1. The summed E-state index contributed by atoms with van der Waals surface area (Å²) in [5.74, 6) is 2.12. The normalized spacial score (nSPS) is 20.8. The highest BCUT2D eigenvalue weighted by atomic mass is 32.1. The standard InChI is InChI=1S/C26H31N5O4S/c32-26(35-22-11-9-21(10-12-22)31(33)34)27-20-7-5-19(6-8-20)13-14-29-15-17-30(18-16-29)25-23-3-1-2-4-24(23)36-28-25/h1-4,9-12,19-20H,5-8,13-18H2,(H,27,32). The third-order valence-corrected chi connectivity index (χ3v) is 8.13. The van der Waals surface area contributed by atoms with Gasteiger partial charge in [0.15, 0.2) is 0 Å². The molecule has 1 aromatic heterocycles. The Bertz CT molecular complexity index is 1180. The molecule has 0 spiro atoms. The van der Waals surface area contributed by atoms with E-state index in [0.717, 1.165) is 64.2 Å². The fraction of sp³-hybridized carbons (Fsp3) is 0.462. The maximum Gasteiger partial charge on any atom is 0.412 e. The number of ether oxygens (including phenoxy) is 1. The van der Waals surface area contributed by atoms with E-state index in [1.807, 2.05) is 0 Å². The van der Waals surface area contributed by atoms with Crippen molar-refractivity contribution < 1.29 is 14.5 Å². The van der Waals surface area contributed by atoms with Crippen molar-refractivity contribution in [3.8, 4) is 5.75 Å². The molecule has 10 heteroatoms. The number of aromatic nitrogens is 1. The highest BCUT2D eigenvalue weighted by Crippen LogP contribution is 2.31. The Morgan fingerprint density at radius 3 is 2.50 bits per heavy atom. The van der Waals surface area contributed by atoms with Crippen LogP contribution in [0.5, 0.6) is 5.75 Å². The van der Waals surface area contributed by atoms with Crippen molar-refractivity contribution in [3.63, 3.8) is 0 Å². The van der Waals surface area contributed by atoms with Gasteiger partial charge in [-0.25, -0.2) is 4.79 Å². The molecule has 1 saturated carbocycles. The number of anilines is 1. The van der Waals surface area contributed by atoms with E-state index in [4.69, 9.17) is 9.11 Å². The Labute approximate surface area is 214 Å². The van der Waals surface area contributed by atoms with Crippen LogP contribution in [-0.2, 0) is 0 Å². The topological polar surface area (TPSA) is 101 Å². The maximum absolute atomic E-state index is 12.2. The van der Waals surface area contributed by atoms with E-state index in [2.05, 4.69) is 39.4 Å². The molecule has 2 fully saturated rings. The molecule has 1 saturated heterocycles. The quantitative estimate of drug-likeness (QED) is 0.351. The van der Waals surface area contributed by atoms with Crippen molar-refractivity contribution in [2.45, 2.75) is 38.1 Å². The molecule has 3 aromatic rings. The lowest BCUT2D eigenvalue weighted by Gasteiger charge is -2.36. The number of nitro groups is 1. The number of benzene rings is 2. The molecule has 1 N–H and O–H groups in total. The molecule has 190 valence electrons. The van der Waals surface area contributed by atoms with Crippen molar-refractivity contribution in [2.75, 3.05) is 37.6 Å². The van der Waals surface area contributed by atoms with Gasteiger partial charge in [0.25, 0.3) is 5.69 Å². The third kappa shape index (κ3) is 5.93. The second-order valence-corrected chi connectivity index (χ2v) is 10.4. The van der Waals surface area contributed by atoms with E-state index in [1.54, 1.807) is 11.5 Å². The van der Waals surface area contributed by atoms with Crippen LogP contribution in [0.1, 0.15) is 32.1 Å². The van der Waals surface area contributed by atoms with Crippen LogP contribution in [0.3, 0.4) is 0 Å². The summed E-state index contributed by atoms with van der Waals surface area (Å²) in [4.78, 5) is 27.5. The zero-order valence-electron chi connectivity index (χ0n) is 20.2. The molecule has 2 aliphatic rings. The summed E-state index contributed by atoms with van der Waals surface area (Å²) >= 11 is 1.58. The van der Waals surface area contributed by atoms with E-state index in [-0.39, 0.29) is 11.7 Å². The maximum atomic E-state index is 12.2. The summed E-state index contributed by atoms with van der Waals surface area (Å²) < 4.78 is 11.2. The molecule has 0 unspecified atom stereocenters. The number of carbonyl (C=O) groups excluding carboxylic acids is 1. The Morgan fingerprint density at radius 2 is 1.78 bits per heavy atom. The van der Waals surface area contributed by atoms with Gasteiger partial charge in [0, 0.05) is 49.7 Å². The summed E-state index contributed by atoms with van der Waals surface area (Å²) in [5, 5.41) is 14.9. The van der Waals surface area contributed by atoms with Crippen LogP contribution >= 0.6 is 11.5 Å². The van der Waals surface area contributed by atoms with Crippen molar-refractivity contribution in [3.05, 3.63) is 58.6 Å². The summed E-state index contributed by atoms with van der Waals surface area (Å²) in [6, 6.07) is 14.1. The third-order valence-electron chi connectivity index (χ3n) is 7.31. The highest BCUT2D eigenvalue weighted by molar-refractivity contribution is 7.13. The van der Waals surface area contributed by atoms with Crippen molar-refractivity contribution >= 4 is 39.2 Å². The van der Waals surface area contributed by atoms with Crippen LogP contribution in [0.2, 0.25) is 0 Å². The number of piperazine rings is 1. The first-order chi connectivity index (χ1) is 17.5. The predicted molar refractivity (Wildman–Crippen MR) is 141 cm³/mol. The van der Waals surface area contributed by atoms with Gasteiger partial charge in [-0.3, -0.25) is 15.0 Å². The Balaban J connectivity index is 0.994. The first kappa shape index (κ1) is 24.5. The predicted octanol–water partition coefficient (Wildman–Crippen LogP) is 5.06. The number of hydrogen-bond donors (Lipinski definition) is 1. The first-order valence-electron chi connectivity index (χ1n) is 12.6. The number of nitrogens with zero attached hydrogens (tertiary/aromatic N) is 4. The van der Waals surface area contributed by atoms with Gasteiger partial charge in [-0.2, -0.15) is 4.37 Å². The van der Waals surface area contributed by atoms with E-state index in [1.165, 1.54) is 40.8 Å². The number of amides is 1. The molecule has 2 aromatic carbocycles. The SMILES string of the molecule is O=C(NC1CCC(CCN2CCN(c3nsc4ccccc34)CC2)CC1)Oc1ccc([N+](=O)[O-])cc1. The fourth-order valence-corrected chi connectivity index (χ4v) is 5.98. The van der Waals surface area contributed by atoms with Crippen LogP contribution in [-0.4, -0.2) is 59.1 Å². The molecular formula is C26H31N5O4S. The summed E-state index contributed by atoms with van der Waals surface area (Å²) in [7, 11) is 0. The Kier molecular flexibility index (Phi) is 7.62. The molecule has 0 radical (unpaired) electrons. The zero-order chi connectivity index (χ0) is 24.9. The van der Waals surface area contributed by atoms with Crippen LogP contribution in [0, 0.1) is 16.0 Å². The smallest absolute Gasteiger partial charge is 0.410 e. The average molecular weight is 510 g/mol. The minimum atomic E-state index is -0.502. The van der Waals surface area contributed by atoms with E-state index in [9.17, 15) is 14.9 Å². The van der Waals surface area contributed by atoms with Gasteiger partial charge >= 0.3 is 6.09 Å². The Morgan fingerprint density at radius 1 is 1.06 bits per heavy atom. The number of nitrogens with one attached hydrogen (secondary N) is 1. The number of non-ortho nitro benzene ring substituents is 1. The van der Waals surface area contributed by atoms with Crippen LogP contribution in [0.25, 0.3) is 10.1 Å². The number of rotatable bonds is 7. The second-order valence-electron chi connectivity index (χ2n) is 9.62. The molecule has 0 bridgehead atoms. The van der Waals surface area contributed by atoms with Crippen molar-refractivity contribution in [2.24, 2.45) is 5.92 Å². The lowest BCUT2D eigenvalue weighted by Crippen LogP contribution is -2.47. The summed E-state index contributed by atoms with van der Waals surface area (Å²) in [6.45, 7) is 5.29. The molecule has 2 heterocycles. The van der Waals surface area contributed by atoms with Gasteiger partial charge in [-0.05, 0) is 80.4 Å². The molecule has 0 atom stereocenters. The molecule has 1 aliphatic heterocycles. The van der Waals surface area contributed by atoms with E-state index >= 15 is 0 Å². The molecule has 1 amide bonds. The minimum absolute atomic E-state index is 0.0314. The lowest BCUT2D eigenvalue weighted by molar-refractivity contribution is -0.384. The van der Waals surface area contributed by atoms with Crippen LogP contribution in [0.15, 0.2) is 48.5 Å². The van der Waals surface area contributed by atoms with Gasteiger partial charge in [0.05, 0.1) is 9.62 Å². The largest absolute Gasteiger partial charge is 0.412 e. The first-order valence-corrected chi connectivity index (χ1v) is 13.4. The lowest BCUT2D eigenvalue weighted by atomic mass is 9.84. The van der Waals surface area contributed by atoms with Gasteiger partial charge < -0.3 is 15.0 Å². The van der Waals surface area contributed by atoms with Gasteiger partial charge in [-0.1, -0.05) is 12.1 Å². The molecule has 9 nitrogen and oxygen atoms in total. The highest BCUT2D eigenvalue weighted by Gasteiger charge is 2.25. The minimum Gasteiger partial charge on any atom is -0.410 e. The number of carbonyl (C=O) groups is 1. The monoisotopic (exact) mass is 509 g/mol. The number of fused-ring (bicyclic) bond motifs is 1. The number of hydrogen-bond acceptors (Lipinski definition) is 8. The fourth-order valence-electron chi connectivity index (χ4n) is 5.18. The Hall–Kier alpha value is -3.24. The molecule has 1 aliphatic carbocycles. The second kappa shape index (κ2) is 11.2. The molecular weight excluding hydrogens is 478 g/mol. The summed E-state index contributed by atoms with van der Waals surface area (Å²) in [6.07, 6.45) is 4.80. The van der Waals surface area contributed by atoms with Gasteiger partial charge in [0.2, 0.25) is 0 Å². The van der Waals surface area contributed by atoms with E-state index in [0.29, 0.717) is 11.7 Å². The van der Waals surface area contributed by atoms with Gasteiger partial charge in [0.1, 0.15) is 11.6 Å². The average Bonchev–Trinajstić information content (AvgIpc) is 3.33. The van der Waals surface area contributed by atoms with Gasteiger partial charge in [-0.15, -0.1) is 0 Å². The van der Waals surface area contributed by atoms with Crippen molar-refractivity contribution in [1.29, 1.82) is 0 Å². The van der Waals surface area contributed by atoms with Crippen LogP contribution in [0.4, 0.5) is 16.3 Å². The van der Waals surface area contributed by atoms with Crippen molar-refractivity contribution in [1.82, 2.24) is 14.6 Å². The van der Waals surface area contributed by atoms with Crippen LogP contribution < -0.4 is 15.0 Å².